The third-order valence-corrected chi connectivity index (χ3v) is 7.24. The fourth-order valence-electron chi connectivity index (χ4n) is 5.48. The number of hydrogen-bond donors (Lipinski definition) is 2. The van der Waals surface area contributed by atoms with Gasteiger partial charge >= 0.3 is 11.9 Å². The van der Waals surface area contributed by atoms with Crippen molar-refractivity contribution in [3.05, 3.63) is 0 Å². The van der Waals surface area contributed by atoms with Crippen molar-refractivity contribution < 1.29 is 34.0 Å². The third kappa shape index (κ3) is 3.94. The highest BCUT2D eigenvalue weighted by Crippen LogP contribution is 2.63. The smallest absolute Gasteiger partial charge is 0.332 e. The maximum absolute atomic E-state index is 12.4. The normalized spacial score (nSPS) is 39.1. The van der Waals surface area contributed by atoms with Gasteiger partial charge in [-0.1, -0.05) is 13.8 Å². The molecular formula is C21H34O7. The molecule has 28 heavy (non-hydrogen) atoms. The second kappa shape index (κ2) is 7.26. The van der Waals surface area contributed by atoms with Gasteiger partial charge in [-0.2, -0.15) is 0 Å². The van der Waals surface area contributed by atoms with Gasteiger partial charge in [0.2, 0.25) is 0 Å². The number of carbonyl (C=O) groups is 2. The van der Waals surface area contributed by atoms with E-state index in [4.69, 9.17) is 14.2 Å². The van der Waals surface area contributed by atoms with Crippen LogP contribution in [0.5, 0.6) is 0 Å². The quantitative estimate of drug-likeness (QED) is 0.476. The largest absolute Gasteiger partial charge is 0.463 e. The summed E-state index contributed by atoms with van der Waals surface area (Å²) in [6, 6.07) is 0. The minimum Gasteiger partial charge on any atom is -0.463 e. The molecule has 0 amide bonds. The molecule has 2 N–H and O–H groups in total. The molecule has 4 bridgehead atoms. The monoisotopic (exact) mass is 398 g/mol. The van der Waals surface area contributed by atoms with Crippen LogP contribution in [-0.4, -0.2) is 58.8 Å². The first kappa shape index (κ1) is 21.5. The van der Waals surface area contributed by atoms with E-state index in [1.54, 1.807) is 0 Å². The predicted molar refractivity (Wildman–Crippen MR) is 100 cm³/mol. The lowest BCUT2D eigenvalue weighted by Gasteiger charge is -2.65. The van der Waals surface area contributed by atoms with Crippen molar-refractivity contribution in [3.8, 4) is 0 Å². The molecule has 4 rings (SSSR count). The van der Waals surface area contributed by atoms with Crippen molar-refractivity contribution in [2.75, 3.05) is 19.8 Å². The number of esters is 2. The van der Waals surface area contributed by atoms with E-state index in [9.17, 15) is 19.8 Å². The van der Waals surface area contributed by atoms with Crippen LogP contribution in [0.3, 0.4) is 0 Å². The summed E-state index contributed by atoms with van der Waals surface area (Å²) in [7, 11) is 0. The van der Waals surface area contributed by atoms with Crippen LogP contribution in [0.15, 0.2) is 0 Å². The molecule has 0 aromatic heterocycles. The molecule has 4 aliphatic rings. The first-order chi connectivity index (χ1) is 12.9. The van der Waals surface area contributed by atoms with Gasteiger partial charge in [0.25, 0.3) is 0 Å². The molecule has 4 saturated carbocycles. The van der Waals surface area contributed by atoms with Gasteiger partial charge in [-0.05, 0) is 45.4 Å². The van der Waals surface area contributed by atoms with Crippen LogP contribution in [0.25, 0.3) is 0 Å². The molecule has 160 valence electrons. The van der Waals surface area contributed by atoms with Crippen molar-refractivity contribution in [3.63, 3.8) is 0 Å². The number of hydrogen-bond acceptors (Lipinski definition) is 7. The Labute approximate surface area is 166 Å². The molecule has 0 aliphatic heterocycles. The van der Waals surface area contributed by atoms with E-state index in [0.717, 1.165) is 0 Å². The van der Waals surface area contributed by atoms with Gasteiger partial charge in [0.05, 0.1) is 23.2 Å². The number of ether oxygens (including phenoxy) is 3. The Bertz CT molecular complexity index is 632. The Hall–Kier alpha value is -1.18. The van der Waals surface area contributed by atoms with E-state index in [-0.39, 0.29) is 37.6 Å². The number of aliphatic hydroxyl groups is 2. The van der Waals surface area contributed by atoms with E-state index in [0.29, 0.717) is 38.5 Å². The van der Waals surface area contributed by atoms with Gasteiger partial charge in [-0.15, -0.1) is 0 Å². The van der Waals surface area contributed by atoms with Gasteiger partial charge in [-0.25, -0.2) is 4.79 Å². The summed E-state index contributed by atoms with van der Waals surface area (Å²) in [5.41, 5.74) is -3.30. The molecule has 7 heteroatoms. The molecule has 0 aromatic carbocycles. The minimum absolute atomic E-state index is 0.0820. The van der Waals surface area contributed by atoms with Crippen molar-refractivity contribution in [2.24, 2.45) is 17.3 Å². The van der Waals surface area contributed by atoms with E-state index in [1.807, 2.05) is 27.7 Å². The second-order valence-electron chi connectivity index (χ2n) is 9.85. The van der Waals surface area contributed by atoms with Gasteiger partial charge in [0.15, 0.2) is 0 Å². The van der Waals surface area contributed by atoms with Crippen molar-refractivity contribution in [1.29, 1.82) is 0 Å². The summed E-state index contributed by atoms with van der Waals surface area (Å²) >= 11 is 0. The highest BCUT2D eigenvalue weighted by molar-refractivity contribution is 5.75. The average molecular weight is 398 g/mol. The van der Waals surface area contributed by atoms with Crippen molar-refractivity contribution in [1.82, 2.24) is 0 Å². The van der Waals surface area contributed by atoms with Gasteiger partial charge < -0.3 is 24.4 Å². The lowest BCUT2D eigenvalue weighted by molar-refractivity contribution is -0.290. The van der Waals surface area contributed by atoms with Crippen LogP contribution in [0.1, 0.15) is 66.2 Å². The summed E-state index contributed by atoms with van der Waals surface area (Å²) in [4.78, 5) is 24.3. The van der Waals surface area contributed by atoms with E-state index in [1.165, 1.54) is 0 Å². The summed E-state index contributed by atoms with van der Waals surface area (Å²) in [6.45, 7) is 7.42. The molecule has 0 radical (unpaired) electrons. The summed E-state index contributed by atoms with van der Waals surface area (Å²) in [5, 5.41) is 21.8. The standard InChI is InChI=1S/C21H34O7/c1-5-18(3,4)17(23)27-7-6-26-11-16(22)28-21-10-15-8-19(24,13-21)12-20(25,9-15)14(21)2/h14-15,24-25H,5-13H2,1-4H3. The average Bonchev–Trinajstić information content (AvgIpc) is 2.57. The predicted octanol–water partition coefficient (Wildman–Crippen LogP) is 1.97. The molecule has 0 heterocycles. The molecule has 4 fully saturated rings. The third-order valence-electron chi connectivity index (χ3n) is 7.24. The van der Waals surface area contributed by atoms with Crippen LogP contribution in [0.2, 0.25) is 0 Å². The zero-order valence-corrected chi connectivity index (χ0v) is 17.5. The van der Waals surface area contributed by atoms with Gasteiger partial charge in [0.1, 0.15) is 18.8 Å². The van der Waals surface area contributed by atoms with Crippen LogP contribution < -0.4 is 0 Å². The van der Waals surface area contributed by atoms with Crippen molar-refractivity contribution in [2.45, 2.75) is 83.0 Å². The fraction of sp³-hybridized carbons (Fsp3) is 0.905. The van der Waals surface area contributed by atoms with Crippen LogP contribution in [0.4, 0.5) is 0 Å². The lowest BCUT2D eigenvalue weighted by Crippen LogP contribution is -2.71. The van der Waals surface area contributed by atoms with E-state index in [2.05, 4.69) is 0 Å². The van der Waals surface area contributed by atoms with Crippen LogP contribution in [-0.2, 0) is 23.8 Å². The highest BCUT2D eigenvalue weighted by Gasteiger charge is 2.68. The number of carbonyl (C=O) groups excluding carboxylic acids is 2. The molecular weight excluding hydrogens is 364 g/mol. The molecule has 0 spiro atoms. The van der Waals surface area contributed by atoms with Gasteiger partial charge in [-0.3, -0.25) is 4.79 Å². The Morgan fingerprint density at radius 1 is 1.11 bits per heavy atom. The molecule has 7 nitrogen and oxygen atoms in total. The van der Waals surface area contributed by atoms with Crippen LogP contribution in [0, 0.1) is 17.3 Å². The molecule has 0 saturated heterocycles. The Morgan fingerprint density at radius 2 is 1.82 bits per heavy atom. The zero-order chi connectivity index (χ0) is 20.8. The number of rotatable bonds is 8. The Kier molecular flexibility index (Phi) is 5.58. The highest BCUT2D eigenvalue weighted by atomic mass is 16.6. The van der Waals surface area contributed by atoms with E-state index < -0.39 is 28.2 Å². The maximum Gasteiger partial charge on any atom is 0.332 e. The summed E-state index contributed by atoms with van der Waals surface area (Å²) in [5.74, 6) is -0.854. The fourth-order valence-corrected chi connectivity index (χ4v) is 5.48. The second-order valence-corrected chi connectivity index (χ2v) is 9.85. The summed E-state index contributed by atoms with van der Waals surface area (Å²) in [6.07, 6.45) is 3.40. The zero-order valence-electron chi connectivity index (χ0n) is 17.5. The van der Waals surface area contributed by atoms with Gasteiger partial charge in [0, 0.05) is 18.8 Å². The lowest BCUT2D eigenvalue weighted by atomic mass is 9.46. The van der Waals surface area contributed by atoms with Crippen LogP contribution >= 0.6 is 0 Å². The first-order valence-electron chi connectivity index (χ1n) is 10.4. The first-order valence-corrected chi connectivity index (χ1v) is 10.4. The maximum atomic E-state index is 12.4. The van der Waals surface area contributed by atoms with Crippen molar-refractivity contribution >= 4 is 11.9 Å². The molecule has 4 aliphatic carbocycles. The molecule has 5 unspecified atom stereocenters. The summed E-state index contributed by atoms with van der Waals surface area (Å²) < 4.78 is 16.3. The Morgan fingerprint density at radius 3 is 2.46 bits per heavy atom. The Balaban J connectivity index is 1.47. The minimum atomic E-state index is -0.977. The molecule has 5 atom stereocenters. The topological polar surface area (TPSA) is 102 Å². The van der Waals surface area contributed by atoms with E-state index >= 15 is 0 Å². The molecule has 0 aromatic rings. The SMILES string of the molecule is CCC(C)(C)C(=O)OCCOCC(=O)OC12CC3CC(O)(CC(O)(C3)C1C)C2.